The molecule has 2 rings (SSSR count). The van der Waals surface area contributed by atoms with Gasteiger partial charge in [-0.3, -0.25) is 14.5 Å². The molecule has 1 N–H and O–H groups in total. The molecule has 0 aromatic rings. The zero-order chi connectivity index (χ0) is 9.97. The van der Waals surface area contributed by atoms with Crippen molar-refractivity contribution < 1.29 is 14.3 Å². The Morgan fingerprint density at radius 1 is 1.36 bits per heavy atom. The summed E-state index contributed by atoms with van der Waals surface area (Å²) in [5.41, 5.74) is 0. The van der Waals surface area contributed by atoms with Crippen molar-refractivity contribution in [2.24, 2.45) is 5.92 Å². The molecule has 0 saturated carbocycles. The number of morpholine rings is 1. The molecule has 0 aliphatic carbocycles. The molecule has 0 aromatic heterocycles. The molecule has 2 fully saturated rings. The third-order valence-corrected chi connectivity index (χ3v) is 2.66. The first kappa shape index (κ1) is 9.61. The van der Waals surface area contributed by atoms with Crippen LogP contribution in [0.15, 0.2) is 0 Å². The summed E-state index contributed by atoms with van der Waals surface area (Å²) in [6.45, 7) is 2.53. The smallest absolute Gasteiger partial charge is 0.255 e. The second-order valence-electron chi connectivity index (χ2n) is 3.75. The highest BCUT2D eigenvalue weighted by Crippen LogP contribution is 2.12. The van der Waals surface area contributed by atoms with E-state index in [1.807, 2.05) is 0 Å². The predicted molar refractivity (Wildman–Crippen MR) is 48.5 cm³/mol. The summed E-state index contributed by atoms with van der Waals surface area (Å²) in [5.74, 6) is 0.0160. The molecule has 14 heavy (non-hydrogen) atoms. The average molecular weight is 198 g/mol. The van der Waals surface area contributed by atoms with Crippen LogP contribution < -0.4 is 5.32 Å². The first-order chi connectivity index (χ1) is 6.77. The lowest BCUT2D eigenvalue weighted by Gasteiger charge is -2.26. The summed E-state index contributed by atoms with van der Waals surface area (Å²) >= 11 is 0. The van der Waals surface area contributed by atoms with Crippen molar-refractivity contribution in [3.63, 3.8) is 0 Å². The number of hydrogen-bond donors (Lipinski definition) is 1. The van der Waals surface area contributed by atoms with Gasteiger partial charge in [0.05, 0.1) is 0 Å². The fraction of sp³-hybridized carbons (Fsp3) is 0.778. The largest absolute Gasteiger partial charge is 0.362 e. The van der Waals surface area contributed by atoms with E-state index in [0.29, 0.717) is 12.5 Å². The lowest BCUT2D eigenvalue weighted by atomic mass is 10.1. The molecular formula is C9H14N2O3. The summed E-state index contributed by atoms with van der Waals surface area (Å²) in [4.78, 5) is 24.0. The molecule has 0 aromatic carbocycles. The molecule has 1 atom stereocenters. The Balaban J connectivity index is 1.93. The molecule has 2 aliphatic rings. The van der Waals surface area contributed by atoms with Crippen LogP contribution in [0.4, 0.5) is 0 Å². The maximum absolute atomic E-state index is 11.4. The molecule has 5 heteroatoms. The van der Waals surface area contributed by atoms with Crippen LogP contribution in [0.5, 0.6) is 0 Å². The topological polar surface area (TPSA) is 58.6 Å². The molecule has 0 radical (unpaired) electrons. The normalized spacial score (nSPS) is 28.6. The zero-order valence-electron chi connectivity index (χ0n) is 7.99. The molecule has 78 valence electrons. The van der Waals surface area contributed by atoms with Crippen LogP contribution in [0.2, 0.25) is 0 Å². The van der Waals surface area contributed by atoms with Crippen LogP contribution in [0, 0.1) is 5.92 Å². The standard InChI is InChI=1S/C9H14N2O3/c12-8-5-14-6-9(13)11(8)4-7-1-2-10-3-7/h7,10H,1-6H2/t7-/m0/s1. The van der Waals surface area contributed by atoms with Crippen LogP contribution in [-0.4, -0.2) is 49.6 Å². The number of imide groups is 1. The maximum atomic E-state index is 11.4. The number of nitrogens with zero attached hydrogens (tertiary/aromatic N) is 1. The minimum atomic E-state index is -0.201. The number of ether oxygens (including phenoxy) is 1. The highest BCUT2D eigenvalue weighted by Gasteiger charge is 2.29. The zero-order valence-corrected chi connectivity index (χ0v) is 7.99. The van der Waals surface area contributed by atoms with Crippen LogP contribution in [0.3, 0.4) is 0 Å². The molecule has 2 amide bonds. The van der Waals surface area contributed by atoms with Gasteiger partial charge in [-0.25, -0.2) is 0 Å². The Bertz CT molecular complexity index is 232. The third kappa shape index (κ3) is 1.93. The Morgan fingerprint density at radius 3 is 2.64 bits per heavy atom. The molecule has 5 nitrogen and oxygen atoms in total. The second-order valence-corrected chi connectivity index (χ2v) is 3.75. The van der Waals surface area contributed by atoms with Crippen molar-refractivity contribution in [2.45, 2.75) is 6.42 Å². The van der Waals surface area contributed by atoms with E-state index in [4.69, 9.17) is 4.74 Å². The van der Waals surface area contributed by atoms with Gasteiger partial charge < -0.3 is 10.1 Å². The Morgan fingerprint density at radius 2 is 2.07 bits per heavy atom. The summed E-state index contributed by atoms with van der Waals surface area (Å²) < 4.78 is 4.83. The number of carbonyl (C=O) groups is 2. The third-order valence-electron chi connectivity index (χ3n) is 2.66. The van der Waals surface area contributed by atoms with E-state index >= 15 is 0 Å². The summed E-state index contributed by atoms with van der Waals surface area (Å²) in [6.07, 6.45) is 1.04. The van der Waals surface area contributed by atoms with Gasteiger partial charge in [0.1, 0.15) is 13.2 Å². The van der Waals surface area contributed by atoms with E-state index in [9.17, 15) is 9.59 Å². The van der Waals surface area contributed by atoms with Gasteiger partial charge in [0.15, 0.2) is 0 Å². The first-order valence-corrected chi connectivity index (χ1v) is 4.89. The number of nitrogens with one attached hydrogen (secondary N) is 1. The van der Waals surface area contributed by atoms with Gasteiger partial charge in [-0.1, -0.05) is 0 Å². The maximum Gasteiger partial charge on any atom is 0.255 e. The summed E-state index contributed by atoms with van der Waals surface area (Å²) in [7, 11) is 0. The monoisotopic (exact) mass is 198 g/mol. The van der Waals surface area contributed by atoms with Crippen LogP contribution in [0.1, 0.15) is 6.42 Å². The van der Waals surface area contributed by atoms with Crippen molar-refractivity contribution in [3.05, 3.63) is 0 Å². The lowest BCUT2D eigenvalue weighted by molar-refractivity contribution is -0.159. The van der Waals surface area contributed by atoms with E-state index in [2.05, 4.69) is 5.32 Å². The SMILES string of the molecule is O=C1COCC(=O)N1C[C@H]1CCNC1. The Labute approximate surface area is 82.4 Å². The van der Waals surface area contributed by atoms with E-state index < -0.39 is 0 Å². The number of rotatable bonds is 2. The minimum absolute atomic E-state index is 0.0475. The van der Waals surface area contributed by atoms with Crippen LogP contribution >= 0.6 is 0 Å². The van der Waals surface area contributed by atoms with Gasteiger partial charge in [-0.15, -0.1) is 0 Å². The van der Waals surface area contributed by atoms with Crippen LogP contribution in [0.25, 0.3) is 0 Å². The van der Waals surface area contributed by atoms with Gasteiger partial charge in [-0.2, -0.15) is 0 Å². The average Bonchev–Trinajstić information content (AvgIpc) is 2.64. The molecular weight excluding hydrogens is 184 g/mol. The van der Waals surface area contributed by atoms with Gasteiger partial charge >= 0.3 is 0 Å². The number of carbonyl (C=O) groups excluding carboxylic acids is 2. The van der Waals surface area contributed by atoms with Gasteiger partial charge in [0, 0.05) is 6.54 Å². The number of hydrogen-bond acceptors (Lipinski definition) is 4. The van der Waals surface area contributed by atoms with E-state index in [0.717, 1.165) is 19.5 Å². The van der Waals surface area contributed by atoms with Crippen molar-refractivity contribution >= 4 is 11.8 Å². The Kier molecular flexibility index (Phi) is 2.79. The predicted octanol–water partition coefficient (Wildman–Crippen LogP) is -1.02. The molecule has 0 bridgehead atoms. The second kappa shape index (κ2) is 4.06. The molecule has 2 saturated heterocycles. The fourth-order valence-electron chi connectivity index (χ4n) is 1.85. The molecule has 0 spiro atoms. The van der Waals surface area contributed by atoms with Crippen LogP contribution in [-0.2, 0) is 14.3 Å². The quantitative estimate of drug-likeness (QED) is 0.577. The molecule has 0 unspecified atom stereocenters. The van der Waals surface area contributed by atoms with E-state index in [-0.39, 0.29) is 25.0 Å². The van der Waals surface area contributed by atoms with Gasteiger partial charge in [0.25, 0.3) is 11.8 Å². The van der Waals surface area contributed by atoms with Gasteiger partial charge in [0.2, 0.25) is 0 Å². The van der Waals surface area contributed by atoms with Crippen molar-refractivity contribution in [1.82, 2.24) is 10.2 Å². The fourth-order valence-corrected chi connectivity index (χ4v) is 1.85. The van der Waals surface area contributed by atoms with E-state index in [1.54, 1.807) is 0 Å². The highest BCUT2D eigenvalue weighted by molar-refractivity contribution is 5.98. The number of amides is 2. The highest BCUT2D eigenvalue weighted by atomic mass is 16.5. The van der Waals surface area contributed by atoms with Crippen molar-refractivity contribution in [3.8, 4) is 0 Å². The molecule has 2 heterocycles. The summed E-state index contributed by atoms with van der Waals surface area (Å²) in [6, 6.07) is 0. The van der Waals surface area contributed by atoms with Crippen molar-refractivity contribution in [2.75, 3.05) is 32.8 Å². The molecule has 2 aliphatic heterocycles. The van der Waals surface area contributed by atoms with Crippen molar-refractivity contribution in [1.29, 1.82) is 0 Å². The minimum Gasteiger partial charge on any atom is -0.362 e. The summed E-state index contributed by atoms with van der Waals surface area (Å²) in [5, 5.41) is 3.21. The lowest BCUT2D eigenvalue weighted by Crippen LogP contribution is -2.48. The van der Waals surface area contributed by atoms with Gasteiger partial charge in [-0.05, 0) is 25.4 Å². The Hall–Kier alpha value is -0.940. The first-order valence-electron chi connectivity index (χ1n) is 4.89. The van der Waals surface area contributed by atoms with E-state index in [1.165, 1.54) is 4.90 Å².